The Labute approximate surface area is 233 Å². The summed E-state index contributed by atoms with van der Waals surface area (Å²) in [4.78, 5) is 17.6. The van der Waals surface area contributed by atoms with E-state index in [2.05, 4.69) is 36.6 Å². The lowest BCUT2D eigenvalue weighted by Crippen LogP contribution is -2.52. The molecule has 1 aromatic rings. The minimum atomic E-state index is -3.71. The van der Waals surface area contributed by atoms with Gasteiger partial charge in [0.2, 0.25) is 15.9 Å². The van der Waals surface area contributed by atoms with Crippen LogP contribution in [0.5, 0.6) is 0 Å². The Morgan fingerprint density at radius 3 is 2.51 bits per heavy atom. The van der Waals surface area contributed by atoms with Crippen LogP contribution in [0.4, 0.5) is 0 Å². The molecule has 206 valence electrons. The Hall–Kier alpha value is -1.12. The largest absolute Gasteiger partial charge is 0.337 e. The van der Waals surface area contributed by atoms with Crippen LogP contribution in [0.25, 0.3) is 0 Å². The highest BCUT2D eigenvalue weighted by Gasteiger charge is 2.51. The van der Waals surface area contributed by atoms with E-state index in [-0.39, 0.29) is 15.8 Å². The summed E-state index contributed by atoms with van der Waals surface area (Å²) in [5, 5.41) is 0.529. The number of benzene rings is 1. The summed E-state index contributed by atoms with van der Waals surface area (Å²) in [6.45, 7) is 11.1. The van der Waals surface area contributed by atoms with Gasteiger partial charge in [-0.2, -0.15) is 4.31 Å². The third-order valence-corrected chi connectivity index (χ3v) is 11.4. The number of piperazine rings is 1. The molecular formula is C28H41Cl2N3O3S. The van der Waals surface area contributed by atoms with Crippen molar-refractivity contribution in [1.29, 1.82) is 0 Å². The number of hydrogen-bond acceptors (Lipinski definition) is 4. The molecule has 37 heavy (non-hydrogen) atoms. The van der Waals surface area contributed by atoms with E-state index in [0.29, 0.717) is 55.5 Å². The molecule has 1 amide bonds. The lowest BCUT2D eigenvalue weighted by molar-refractivity contribution is -0.131. The first-order valence-electron chi connectivity index (χ1n) is 13.7. The van der Waals surface area contributed by atoms with Crippen molar-refractivity contribution in [2.24, 2.45) is 17.3 Å². The van der Waals surface area contributed by atoms with E-state index >= 15 is 0 Å². The number of halogens is 2. The second-order valence-electron chi connectivity index (χ2n) is 11.4. The van der Waals surface area contributed by atoms with Gasteiger partial charge in [0.1, 0.15) is 4.90 Å². The van der Waals surface area contributed by atoms with E-state index in [1.807, 2.05) is 0 Å². The first-order chi connectivity index (χ1) is 17.5. The van der Waals surface area contributed by atoms with E-state index in [0.717, 1.165) is 44.7 Å². The summed E-state index contributed by atoms with van der Waals surface area (Å²) in [6.07, 6.45) is 8.49. The van der Waals surface area contributed by atoms with E-state index in [4.69, 9.17) is 23.2 Å². The van der Waals surface area contributed by atoms with Crippen LogP contribution < -0.4 is 0 Å². The van der Waals surface area contributed by atoms with Gasteiger partial charge in [0.15, 0.2) is 0 Å². The number of fused-ring (bicyclic) bond motifs is 1. The minimum Gasteiger partial charge on any atom is -0.337 e. The van der Waals surface area contributed by atoms with Gasteiger partial charge in [-0.05, 0) is 54.7 Å². The van der Waals surface area contributed by atoms with Crippen LogP contribution >= 0.6 is 23.2 Å². The topological polar surface area (TPSA) is 60.9 Å². The van der Waals surface area contributed by atoms with Crippen molar-refractivity contribution in [1.82, 2.24) is 14.1 Å². The normalized spacial score (nSPS) is 23.9. The van der Waals surface area contributed by atoms with E-state index in [1.54, 1.807) is 6.07 Å². The second-order valence-corrected chi connectivity index (χ2v) is 14.2. The van der Waals surface area contributed by atoms with Crippen molar-refractivity contribution >= 4 is 39.1 Å². The van der Waals surface area contributed by atoms with Crippen molar-refractivity contribution in [2.75, 3.05) is 45.8 Å². The third-order valence-electron chi connectivity index (χ3n) is 8.83. The number of carbonyl (C=O) groups is 1. The van der Waals surface area contributed by atoms with E-state index in [1.165, 1.54) is 28.4 Å². The van der Waals surface area contributed by atoms with Gasteiger partial charge in [-0.15, -0.1) is 0 Å². The first-order valence-corrected chi connectivity index (χ1v) is 15.9. The Morgan fingerprint density at radius 2 is 1.86 bits per heavy atom. The fourth-order valence-electron chi connectivity index (χ4n) is 6.12. The third kappa shape index (κ3) is 6.38. The summed E-state index contributed by atoms with van der Waals surface area (Å²) < 4.78 is 27.8. The summed E-state index contributed by atoms with van der Waals surface area (Å²) >= 11 is 12.2. The number of amides is 1. The molecule has 2 fully saturated rings. The molecule has 0 aromatic heterocycles. The van der Waals surface area contributed by atoms with Crippen LogP contribution in [-0.4, -0.2) is 74.2 Å². The van der Waals surface area contributed by atoms with Gasteiger partial charge in [0.05, 0.1) is 5.02 Å². The molecule has 1 saturated carbocycles. The minimum absolute atomic E-state index is 0.0564. The van der Waals surface area contributed by atoms with Gasteiger partial charge in [-0.1, -0.05) is 68.5 Å². The van der Waals surface area contributed by atoms with Gasteiger partial charge >= 0.3 is 0 Å². The quantitative estimate of drug-likeness (QED) is 0.253. The maximum atomic E-state index is 13.2. The predicted molar refractivity (Wildman–Crippen MR) is 150 cm³/mol. The van der Waals surface area contributed by atoms with Crippen molar-refractivity contribution in [3.05, 3.63) is 39.9 Å². The zero-order valence-electron chi connectivity index (χ0n) is 22.4. The van der Waals surface area contributed by atoms with Gasteiger partial charge < -0.3 is 4.90 Å². The molecule has 4 aliphatic rings. The Bertz CT molecular complexity index is 1110. The molecule has 2 bridgehead atoms. The van der Waals surface area contributed by atoms with Crippen LogP contribution in [0.15, 0.2) is 34.7 Å². The molecule has 0 N–H and O–H groups in total. The molecule has 5 rings (SSSR count). The van der Waals surface area contributed by atoms with Crippen LogP contribution in [0.2, 0.25) is 10.0 Å². The number of hydrogen-bond donors (Lipinski definition) is 0. The highest BCUT2D eigenvalue weighted by Crippen LogP contribution is 2.59. The maximum Gasteiger partial charge on any atom is 0.244 e. The fraction of sp³-hybridized carbons (Fsp3) is 0.679. The summed E-state index contributed by atoms with van der Waals surface area (Å²) in [5.74, 6) is 1.61. The van der Waals surface area contributed by atoms with Crippen molar-refractivity contribution < 1.29 is 13.2 Å². The highest BCUT2D eigenvalue weighted by atomic mass is 35.5. The number of rotatable bonds is 11. The number of nitrogens with zero attached hydrogens (tertiary/aromatic N) is 3. The zero-order chi connectivity index (χ0) is 26.8. The Morgan fingerprint density at radius 1 is 1.14 bits per heavy atom. The lowest BCUT2D eigenvalue weighted by atomic mass is 9.49. The highest BCUT2D eigenvalue weighted by molar-refractivity contribution is 7.89. The van der Waals surface area contributed by atoms with Gasteiger partial charge in [-0.3, -0.25) is 9.69 Å². The molecule has 2 atom stereocenters. The molecule has 1 saturated heterocycles. The molecular weight excluding hydrogens is 529 g/mol. The second kappa shape index (κ2) is 12.0. The average molecular weight is 571 g/mol. The van der Waals surface area contributed by atoms with Crippen LogP contribution in [0.3, 0.4) is 0 Å². The molecule has 1 aromatic carbocycles. The Kier molecular flexibility index (Phi) is 9.33. The molecule has 1 heterocycles. The first kappa shape index (κ1) is 28.9. The molecule has 3 aliphatic carbocycles. The molecule has 9 heteroatoms. The molecule has 0 radical (unpaired) electrons. The van der Waals surface area contributed by atoms with Crippen LogP contribution in [0.1, 0.15) is 59.3 Å². The van der Waals surface area contributed by atoms with Crippen molar-refractivity contribution in [3.63, 3.8) is 0 Å². The number of carbonyl (C=O) groups excluding carboxylic acids is 1. The average Bonchev–Trinajstić information content (AvgIpc) is 2.88. The number of unbranched alkanes of at least 4 members (excludes halogenated alkanes) is 2. The van der Waals surface area contributed by atoms with Crippen LogP contribution in [-0.2, 0) is 14.8 Å². The Balaban J connectivity index is 1.35. The standard InChI is InChI=1S/C28H41Cl2N3O3S/c1-4-5-6-7-27(34)32(20-21-8-9-22-18-24(21)28(22,2)3)15-12-31-13-16-33(17-14-31)37(35,36)26-19-23(29)10-11-25(26)30/h8,10-11,19,22,24H,4-7,9,12-18,20H2,1-3H3. The maximum absolute atomic E-state index is 13.2. The number of sulfonamides is 1. The molecule has 1 aliphatic heterocycles. The molecule has 2 unspecified atom stereocenters. The molecule has 6 nitrogen and oxygen atoms in total. The fourth-order valence-corrected chi connectivity index (χ4v) is 8.28. The smallest absolute Gasteiger partial charge is 0.244 e. The predicted octanol–water partition coefficient (Wildman–Crippen LogP) is 5.70. The summed E-state index contributed by atoms with van der Waals surface area (Å²) in [5.41, 5.74) is 1.78. The van der Waals surface area contributed by atoms with Gasteiger partial charge in [0.25, 0.3) is 0 Å². The zero-order valence-corrected chi connectivity index (χ0v) is 24.7. The molecule has 0 spiro atoms. The van der Waals surface area contributed by atoms with Crippen molar-refractivity contribution in [3.8, 4) is 0 Å². The van der Waals surface area contributed by atoms with Gasteiger partial charge in [-0.25, -0.2) is 8.42 Å². The SMILES string of the molecule is CCCCCC(=O)N(CCN1CCN(S(=O)(=O)c2cc(Cl)ccc2Cl)CC1)CC1=CCC2CC1C2(C)C. The summed E-state index contributed by atoms with van der Waals surface area (Å²) in [6, 6.07) is 4.52. The monoisotopic (exact) mass is 569 g/mol. The van der Waals surface area contributed by atoms with E-state index < -0.39 is 10.0 Å². The van der Waals surface area contributed by atoms with Crippen LogP contribution in [0, 0.1) is 17.3 Å². The number of allylic oxidation sites excluding steroid dienone is 1. The summed E-state index contributed by atoms with van der Waals surface area (Å²) in [7, 11) is -3.71. The lowest BCUT2D eigenvalue weighted by Gasteiger charge is -2.57. The van der Waals surface area contributed by atoms with Gasteiger partial charge in [0, 0.05) is 57.3 Å². The van der Waals surface area contributed by atoms with E-state index in [9.17, 15) is 13.2 Å². The van der Waals surface area contributed by atoms with Crippen molar-refractivity contribution in [2.45, 2.75) is 64.2 Å².